The maximum absolute atomic E-state index is 11.3. The Morgan fingerprint density at radius 1 is 1.30 bits per heavy atom. The molecular weight excluding hydrogens is 320 g/mol. The van der Waals surface area contributed by atoms with Gasteiger partial charge in [-0.2, -0.15) is 0 Å². The number of carbonyl (C=O) groups excluding carboxylic acids is 1. The average Bonchev–Trinajstić information content (AvgIpc) is 3.01. The number of hydrogen-bond acceptors (Lipinski definition) is 8. The highest BCUT2D eigenvalue weighted by Gasteiger charge is 2.11. The second-order valence-corrected chi connectivity index (χ2v) is 5.32. The Morgan fingerprint density at radius 3 is 2.61 bits per heavy atom. The van der Waals surface area contributed by atoms with Gasteiger partial charge in [0.05, 0.1) is 20.2 Å². The second-order valence-electron chi connectivity index (χ2n) is 4.33. The van der Waals surface area contributed by atoms with Crippen LogP contribution in [-0.2, 0) is 11.2 Å². The molecule has 8 heteroatoms. The van der Waals surface area contributed by atoms with Crippen molar-refractivity contribution in [1.82, 2.24) is 10.2 Å². The molecule has 1 heterocycles. The molecule has 0 aliphatic rings. The molecule has 0 N–H and O–H groups in total. The Labute approximate surface area is 137 Å². The quantitative estimate of drug-likeness (QED) is 0.555. The third kappa shape index (κ3) is 4.26. The number of ether oxygens (including phenoxy) is 2. The molecule has 0 amide bonds. The zero-order valence-corrected chi connectivity index (χ0v) is 13.7. The smallest absolute Gasteiger partial charge is 0.281 e. The van der Waals surface area contributed by atoms with Crippen molar-refractivity contribution >= 4 is 23.8 Å². The van der Waals surface area contributed by atoms with Gasteiger partial charge in [0.1, 0.15) is 0 Å². The van der Waals surface area contributed by atoms with E-state index in [2.05, 4.69) is 10.2 Å². The van der Waals surface area contributed by atoms with Crippen molar-refractivity contribution in [3.63, 3.8) is 0 Å². The van der Waals surface area contributed by atoms with Gasteiger partial charge in [0.25, 0.3) is 5.22 Å². The standard InChI is InChI=1S/C15H16N2O5S/c1-4-13-16-17-15(22-13)23-12(14(18)19)8-9-5-6-10(20-2)11(7-9)21-3/h5-8H,4H2,1-3H3,(H,18,19)/p-1/b12-8-. The number of methoxy groups -OCH3 is 2. The van der Waals surface area contributed by atoms with Gasteiger partial charge < -0.3 is 23.8 Å². The van der Waals surface area contributed by atoms with E-state index in [4.69, 9.17) is 13.9 Å². The molecule has 0 saturated carbocycles. The number of benzene rings is 1. The van der Waals surface area contributed by atoms with Crippen LogP contribution < -0.4 is 14.6 Å². The first kappa shape index (κ1) is 16.9. The first-order valence-electron chi connectivity index (χ1n) is 6.72. The summed E-state index contributed by atoms with van der Waals surface area (Å²) in [5.41, 5.74) is 0.615. The van der Waals surface area contributed by atoms with Crippen molar-refractivity contribution in [1.29, 1.82) is 0 Å². The predicted molar refractivity (Wildman–Crippen MR) is 82.1 cm³/mol. The van der Waals surface area contributed by atoms with E-state index in [1.165, 1.54) is 20.3 Å². The molecule has 23 heavy (non-hydrogen) atoms. The molecule has 0 fully saturated rings. The largest absolute Gasteiger partial charge is 0.544 e. The second kappa shape index (κ2) is 7.68. The van der Waals surface area contributed by atoms with E-state index in [1.807, 2.05) is 6.92 Å². The van der Waals surface area contributed by atoms with E-state index in [9.17, 15) is 9.90 Å². The Balaban J connectivity index is 2.29. The highest BCUT2D eigenvalue weighted by atomic mass is 32.2. The molecule has 0 saturated heterocycles. The molecule has 1 aromatic carbocycles. The maximum Gasteiger partial charge on any atom is 0.281 e. The average molecular weight is 335 g/mol. The molecule has 0 bridgehead atoms. The molecule has 7 nitrogen and oxygen atoms in total. The minimum atomic E-state index is -1.33. The third-order valence-corrected chi connectivity index (χ3v) is 3.70. The minimum absolute atomic E-state index is 0.0523. The van der Waals surface area contributed by atoms with Gasteiger partial charge in [-0.05, 0) is 35.5 Å². The summed E-state index contributed by atoms with van der Waals surface area (Å²) in [6, 6.07) is 5.05. The Morgan fingerprint density at radius 2 is 2.04 bits per heavy atom. The number of rotatable bonds is 7. The van der Waals surface area contributed by atoms with Gasteiger partial charge in [-0.3, -0.25) is 0 Å². The van der Waals surface area contributed by atoms with E-state index in [1.54, 1.807) is 18.2 Å². The molecule has 1 aromatic heterocycles. The summed E-state index contributed by atoms with van der Waals surface area (Å²) in [6.07, 6.45) is 2.02. The highest BCUT2D eigenvalue weighted by molar-refractivity contribution is 8.03. The van der Waals surface area contributed by atoms with Gasteiger partial charge in [-0.15, -0.1) is 10.2 Å². The number of aryl methyl sites for hydroxylation is 1. The Kier molecular flexibility index (Phi) is 5.64. The van der Waals surface area contributed by atoms with Crippen LogP contribution in [0.2, 0.25) is 0 Å². The molecule has 2 aromatic rings. The number of carboxylic acid groups (broad SMARTS) is 1. The molecule has 0 aliphatic heterocycles. The molecule has 0 spiro atoms. The summed E-state index contributed by atoms with van der Waals surface area (Å²) >= 11 is 0.838. The lowest BCUT2D eigenvalue weighted by atomic mass is 10.2. The maximum atomic E-state index is 11.3. The van der Waals surface area contributed by atoms with Gasteiger partial charge >= 0.3 is 0 Å². The Bertz CT molecular complexity index is 726. The number of aromatic nitrogens is 2. The van der Waals surface area contributed by atoms with E-state index < -0.39 is 5.97 Å². The van der Waals surface area contributed by atoms with Crippen LogP contribution in [0.15, 0.2) is 32.7 Å². The summed E-state index contributed by atoms with van der Waals surface area (Å²) in [5, 5.41) is 19.0. The van der Waals surface area contributed by atoms with Gasteiger partial charge in [-0.1, -0.05) is 13.0 Å². The van der Waals surface area contributed by atoms with E-state index in [-0.39, 0.29) is 10.1 Å². The molecule has 2 rings (SSSR count). The van der Waals surface area contributed by atoms with Crippen molar-refractivity contribution in [3.05, 3.63) is 34.6 Å². The molecule has 0 radical (unpaired) electrons. The van der Waals surface area contributed by atoms with Gasteiger partial charge in [-0.25, -0.2) is 0 Å². The first-order valence-corrected chi connectivity index (χ1v) is 7.54. The van der Waals surface area contributed by atoms with Crippen molar-refractivity contribution in [2.45, 2.75) is 18.6 Å². The topological polar surface area (TPSA) is 97.5 Å². The molecule has 0 atom stereocenters. The van der Waals surface area contributed by atoms with Crippen LogP contribution in [0.3, 0.4) is 0 Å². The van der Waals surface area contributed by atoms with Gasteiger partial charge in [0.15, 0.2) is 11.5 Å². The number of nitrogens with zero attached hydrogens (tertiary/aromatic N) is 2. The normalized spacial score (nSPS) is 11.3. The number of aliphatic carboxylic acids is 1. The lowest BCUT2D eigenvalue weighted by molar-refractivity contribution is -0.298. The van der Waals surface area contributed by atoms with Crippen molar-refractivity contribution in [2.75, 3.05) is 14.2 Å². The fraction of sp³-hybridized carbons (Fsp3) is 0.267. The van der Waals surface area contributed by atoms with Crippen molar-refractivity contribution in [3.8, 4) is 11.5 Å². The minimum Gasteiger partial charge on any atom is -0.544 e. The van der Waals surface area contributed by atoms with E-state index in [0.29, 0.717) is 29.4 Å². The van der Waals surface area contributed by atoms with Crippen LogP contribution in [0.25, 0.3) is 6.08 Å². The summed E-state index contributed by atoms with van der Waals surface area (Å²) in [5.74, 6) is 0.157. The van der Waals surface area contributed by atoms with Crippen molar-refractivity contribution in [2.24, 2.45) is 0 Å². The fourth-order valence-corrected chi connectivity index (χ4v) is 2.43. The lowest BCUT2D eigenvalue weighted by Crippen LogP contribution is -2.23. The number of thioether (sulfide) groups is 1. The van der Waals surface area contributed by atoms with Gasteiger partial charge in [0.2, 0.25) is 5.89 Å². The molecule has 0 unspecified atom stereocenters. The van der Waals surface area contributed by atoms with Gasteiger partial charge in [0, 0.05) is 11.3 Å². The SMILES string of the molecule is CCc1nnc(S/C(=C\c2ccc(OC)c(OC)c2)C(=O)[O-])o1. The number of carboxylic acids is 1. The molecule has 122 valence electrons. The summed E-state index contributed by atoms with van der Waals surface area (Å²) in [7, 11) is 3.03. The van der Waals surface area contributed by atoms with Crippen LogP contribution in [0.5, 0.6) is 11.5 Å². The van der Waals surface area contributed by atoms with E-state index >= 15 is 0 Å². The zero-order valence-electron chi connectivity index (χ0n) is 12.9. The van der Waals surface area contributed by atoms with Crippen LogP contribution in [0.4, 0.5) is 0 Å². The Hall–Kier alpha value is -2.48. The van der Waals surface area contributed by atoms with Crippen molar-refractivity contribution < 1.29 is 23.8 Å². The zero-order chi connectivity index (χ0) is 16.8. The van der Waals surface area contributed by atoms with Crippen LogP contribution in [0, 0.1) is 0 Å². The molecule has 0 aliphatic carbocycles. The fourth-order valence-electron chi connectivity index (χ4n) is 1.74. The summed E-state index contributed by atoms with van der Waals surface area (Å²) in [6.45, 7) is 1.86. The lowest BCUT2D eigenvalue weighted by Gasteiger charge is -2.09. The van der Waals surface area contributed by atoms with E-state index in [0.717, 1.165) is 11.8 Å². The van der Waals surface area contributed by atoms with Crippen LogP contribution >= 0.6 is 11.8 Å². The third-order valence-electron chi connectivity index (χ3n) is 2.85. The van der Waals surface area contributed by atoms with Crippen LogP contribution in [-0.4, -0.2) is 30.4 Å². The monoisotopic (exact) mass is 335 g/mol. The molecular formula is C15H15N2O5S-. The highest BCUT2D eigenvalue weighted by Crippen LogP contribution is 2.31. The summed E-state index contributed by atoms with van der Waals surface area (Å²) in [4.78, 5) is 11.3. The number of carbonyl (C=O) groups is 1. The van der Waals surface area contributed by atoms with Crippen LogP contribution in [0.1, 0.15) is 18.4 Å². The first-order chi connectivity index (χ1) is 11.1. The predicted octanol–water partition coefficient (Wildman–Crippen LogP) is 1.53. The summed E-state index contributed by atoms with van der Waals surface area (Å²) < 4.78 is 15.6. The number of hydrogen-bond donors (Lipinski definition) is 0.